The van der Waals surface area contributed by atoms with E-state index in [0.29, 0.717) is 0 Å². The van der Waals surface area contributed by atoms with Gasteiger partial charge in [-0.2, -0.15) is 5.10 Å². The van der Waals surface area contributed by atoms with E-state index >= 15 is 0 Å². The second-order valence-corrected chi connectivity index (χ2v) is 6.20. The third-order valence-electron chi connectivity index (χ3n) is 4.68. The van der Waals surface area contributed by atoms with Crippen LogP contribution in [-0.2, 0) is 0 Å². The van der Waals surface area contributed by atoms with Gasteiger partial charge >= 0.3 is 0 Å². The Hall–Kier alpha value is -3.33. The first-order valence-corrected chi connectivity index (χ1v) is 8.45. The van der Waals surface area contributed by atoms with Gasteiger partial charge < -0.3 is 4.90 Å². The maximum atomic E-state index is 5.00. The average molecular weight is 323 g/mol. The van der Waals surface area contributed by atoms with Gasteiger partial charge in [0.2, 0.25) is 0 Å². The van der Waals surface area contributed by atoms with E-state index in [1.54, 1.807) is 0 Å². The van der Waals surface area contributed by atoms with Crippen molar-refractivity contribution in [2.24, 2.45) is 5.10 Å². The number of amidine groups is 1. The number of hydrogen-bond acceptors (Lipinski definition) is 3. The summed E-state index contributed by atoms with van der Waals surface area (Å²) in [5.74, 6) is 0.972. The zero-order valence-electron chi connectivity index (χ0n) is 13.7. The van der Waals surface area contributed by atoms with Crippen molar-refractivity contribution in [3.05, 3.63) is 108 Å². The molecule has 0 spiro atoms. The van der Waals surface area contributed by atoms with Gasteiger partial charge in [0.1, 0.15) is 0 Å². The number of fused-ring (bicyclic) bond motifs is 3. The zero-order valence-corrected chi connectivity index (χ0v) is 13.7. The summed E-state index contributed by atoms with van der Waals surface area (Å²) in [6, 6.07) is 29.3. The summed E-state index contributed by atoms with van der Waals surface area (Å²) < 4.78 is 0. The Balaban J connectivity index is 1.69. The molecule has 0 fully saturated rings. The normalized spacial score (nSPS) is 17.9. The average Bonchev–Trinajstić information content (AvgIpc) is 3.09. The molecule has 2 heterocycles. The molecule has 0 N–H and O–H groups in total. The fourth-order valence-corrected chi connectivity index (χ4v) is 3.51. The third-order valence-corrected chi connectivity index (χ3v) is 4.68. The molecular formula is C22H17N3. The van der Waals surface area contributed by atoms with Gasteiger partial charge in [0, 0.05) is 17.3 Å². The van der Waals surface area contributed by atoms with E-state index in [-0.39, 0.29) is 6.17 Å². The predicted molar refractivity (Wildman–Crippen MR) is 102 cm³/mol. The molecule has 3 aromatic carbocycles. The highest BCUT2D eigenvalue weighted by atomic mass is 15.6. The van der Waals surface area contributed by atoms with Gasteiger partial charge in [0.05, 0.1) is 5.69 Å². The first-order chi connectivity index (χ1) is 12.4. The van der Waals surface area contributed by atoms with Gasteiger partial charge in [-0.05, 0) is 23.8 Å². The first-order valence-electron chi connectivity index (χ1n) is 8.45. The van der Waals surface area contributed by atoms with Crippen LogP contribution in [0.5, 0.6) is 0 Å². The molecule has 3 heteroatoms. The number of anilines is 1. The maximum absolute atomic E-state index is 5.00. The molecule has 0 unspecified atom stereocenters. The molecule has 0 aliphatic carbocycles. The Bertz CT molecular complexity index is 961. The highest BCUT2D eigenvalue weighted by Gasteiger charge is 2.38. The van der Waals surface area contributed by atoms with E-state index < -0.39 is 0 Å². The lowest BCUT2D eigenvalue weighted by atomic mass is 10.00. The van der Waals surface area contributed by atoms with Crippen molar-refractivity contribution in [3.63, 3.8) is 0 Å². The minimum atomic E-state index is 0.0406. The Kier molecular flexibility index (Phi) is 3.17. The third kappa shape index (κ3) is 2.24. The molecule has 0 aromatic heterocycles. The number of para-hydroxylation sites is 1. The Morgan fingerprint density at radius 3 is 2.20 bits per heavy atom. The van der Waals surface area contributed by atoms with Crippen LogP contribution >= 0.6 is 0 Å². The topological polar surface area (TPSA) is 18.8 Å². The Morgan fingerprint density at radius 2 is 1.40 bits per heavy atom. The maximum Gasteiger partial charge on any atom is 0.162 e. The number of hydrazone groups is 1. The molecule has 1 atom stereocenters. The van der Waals surface area contributed by atoms with Crippen LogP contribution in [0, 0.1) is 0 Å². The summed E-state index contributed by atoms with van der Waals surface area (Å²) in [4.78, 5) is 2.25. The van der Waals surface area contributed by atoms with Crippen LogP contribution in [0.15, 0.2) is 96.2 Å². The van der Waals surface area contributed by atoms with E-state index in [1.807, 2.05) is 12.1 Å². The van der Waals surface area contributed by atoms with Crippen molar-refractivity contribution in [2.75, 3.05) is 5.01 Å². The number of nitrogens with zero attached hydrogens (tertiary/aromatic N) is 3. The van der Waals surface area contributed by atoms with E-state index in [1.165, 1.54) is 11.1 Å². The largest absolute Gasteiger partial charge is 0.304 e. The second kappa shape index (κ2) is 5.64. The number of benzene rings is 3. The van der Waals surface area contributed by atoms with Gasteiger partial charge in [-0.15, -0.1) is 0 Å². The van der Waals surface area contributed by atoms with Gasteiger partial charge in [0.25, 0.3) is 0 Å². The van der Waals surface area contributed by atoms with Gasteiger partial charge in [0.15, 0.2) is 12.0 Å². The summed E-state index contributed by atoms with van der Waals surface area (Å²) in [6.45, 7) is 0. The quantitative estimate of drug-likeness (QED) is 0.671. The van der Waals surface area contributed by atoms with E-state index in [0.717, 1.165) is 17.1 Å². The van der Waals surface area contributed by atoms with Gasteiger partial charge in [-0.1, -0.05) is 72.8 Å². The van der Waals surface area contributed by atoms with Crippen LogP contribution in [0.25, 0.3) is 6.08 Å². The van der Waals surface area contributed by atoms with Crippen molar-refractivity contribution < 1.29 is 0 Å². The Labute approximate surface area is 147 Å². The Morgan fingerprint density at radius 1 is 0.720 bits per heavy atom. The van der Waals surface area contributed by atoms with Crippen LogP contribution in [0.3, 0.4) is 0 Å². The SMILES string of the molecule is C1=CN2C(c3ccccc3)=NN(c3ccccc3)[C@@H]2c2ccccc21. The van der Waals surface area contributed by atoms with E-state index in [9.17, 15) is 0 Å². The van der Waals surface area contributed by atoms with Crippen molar-refractivity contribution in [1.82, 2.24) is 4.90 Å². The van der Waals surface area contributed by atoms with Crippen molar-refractivity contribution in [2.45, 2.75) is 6.17 Å². The van der Waals surface area contributed by atoms with Gasteiger partial charge in [-0.25, -0.2) is 5.01 Å². The van der Waals surface area contributed by atoms with E-state index in [4.69, 9.17) is 5.10 Å². The molecule has 0 bridgehead atoms. The highest BCUT2D eigenvalue weighted by Crippen LogP contribution is 2.41. The van der Waals surface area contributed by atoms with Crippen LogP contribution < -0.4 is 5.01 Å². The summed E-state index contributed by atoms with van der Waals surface area (Å²) in [7, 11) is 0. The molecule has 0 amide bonds. The lowest BCUT2D eigenvalue weighted by Gasteiger charge is -2.33. The molecule has 5 rings (SSSR count). The highest BCUT2D eigenvalue weighted by molar-refractivity contribution is 6.02. The lowest BCUT2D eigenvalue weighted by molar-refractivity contribution is 0.431. The summed E-state index contributed by atoms with van der Waals surface area (Å²) in [5, 5.41) is 7.11. The van der Waals surface area contributed by atoms with Crippen molar-refractivity contribution in [1.29, 1.82) is 0 Å². The molecule has 0 saturated carbocycles. The molecule has 120 valence electrons. The van der Waals surface area contributed by atoms with Crippen molar-refractivity contribution >= 4 is 17.6 Å². The monoisotopic (exact) mass is 323 g/mol. The molecule has 3 nitrogen and oxygen atoms in total. The summed E-state index contributed by atoms with van der Waals surface area (Å²) in [6.07, 6.45) is 4.35. The zero-order chi connectivity index (χ0) is 16.6. The predicted octanol–water partition coefficient (Wildman–Crippen LogP) is 4.85. The van der Waals surface area contributed by atoms with Crippen LogP contribution in [0.4, 0.5) is 5.69 Å². The van der Waals surface area contributed by atoms with E-state index in [2.05, 4.69) is 95.0 Å². The second-order valence-electron chi connectivity index (χ2n) is 6.20. The standard InChI is InChI=1S/C22H17N3/c1-3-10-18(11-4-1)21-23-25(19-12-5-2-6-13-19)22-20-14-8-7-9-17(20)15-16-24(21)22/h1-16,22H/t22-/m1/s1. The van der Waals surface area contributed by atoms with Gasteiger partial charge in [-0.3, -0.25) is 0 Å². The van der Waals surface area contributed by atoms with Crippen molar-refractivity contribution in [3.8, 4) is 0 Å². The molecule has 0 radical (unpaired) electrons. The minimum Gasteiger partial charge on any atom is -0.304 e. The molecular weight excluding hydrogens is 306 g/mol. The molecule has 2 aliphatic rings. The van der Waals surface area contributed by atoms with Crippen LogP contribution in [0.2, 0.25) is 0 Å². The number of rotatable bonds is 2. The fraction of sp³-hybridized carbons (Fsp3) is 0.0455. The molecule has 3 aromatic rings. The summed E-state index contributed by atoms with van der Waals surface area (Å²) >= 11 is 0. The lowest BCUT2D eigenvalue weighted by Crippen LogP contribution is -2.33. The van der Waals surface area contributed by atoms with Crippen LogP contribution in [0.1, 0.15) is 22.9 Å². The molecule has 2 aliphatic heterocycles. The summed E-state index contributed by atoms with van der Waals surface area (Å²) in [5.41, 5.74) is 4.72. The number of hydrogen-bond donors (Lipinski definition) is 0. The fourth-order valence-electron chi connectivity index (χ4n) is 3.51. The minimum absolute atomic E-state index is 0.0406. The first kappa shape index (κ1) is 14.1. The molecule has 25 heavy (non-hydrogen) atoms. The van der Waals surface area contributed by atoms with Crippen LogP contribution in [-0.4, -0.2) is 10.7 Å². The smallest absolute Gasteiger partial charge is 0.162 e. The molecule has 0 saturated heterocycles.